The predicted molar refractivity (Wildman–Crippen MR) is 248 cm³/mol. The van der Waals surface area contributed by atoms with Crippen LogP contribution in [-0.2, 0) is 11.8 Å². The van der Waals surface area contributed by atoms with Crippen molar-refractivity contribution in [3.63, 3.8) is 0 Å². The lowest BCUT2D eigenvalue weighted by Crippen LogP contribution is -2.29. The average molecular weight is 773 g/mol. The Labute approximate surface area is 352 Å². The Morgan fingerprint density at radius 3 is 2.20 bits per heavy atom. The van der Waals surface area contributed by atoms with Crippen molar-refractivity contribution in [2.24, 2.45) is 16.8 Å². The van der Waals surface area contributed by atoms with E-state index in [-0.39, 0.29) is 5.92 Å². The third-order valence-electron chi connectivity index (χ3n) is 12.4. The van der Waals surface area contributed by atoms with Crippen molar-refractivity contribution in [2.45, 2.75) is 32.1 Å². The number of aromatic nitrogens is 1. The van der Waals surface area contributed by atoms with Gasteiger partial charge in [-0.15, -0.1) is 0 Å². The van der Waals surface area contributed by atoms with Gasteiger partial charge in [0, 0.05) is 45.2 Å². The Morgan fingerprint density at radius 2 is 1.47 bits per heavy atom. The number of fused-ring (bicyclic) bond motifs is 7. The summed E-state index contributed by atoms with van der Waals surface area (Å²) in [5.74, 6) is 0.578. The fraction of sp³-hybridized carbons (Fsp3) is 0.125. The van der Waals surface area contributed by atoms with Crippen LogP contribution in [0.5, 0.6) is 0 Å². The standard InChI is InChI=1S/C56H44N4/c1-37-25-26-47-49-28-27-48-46-23-12-13-24-50(46)56(43-18-8-4-9-19-43,44-20-10-5-11-21-44)54(48)55(49)60(53(47)31-37)45-22-14-15-39(33-45)36-59-52(41-16-6-3-7-17-41)34-51(58)42-30-38(2)29-40(32-42)35-57/h3-29,32-34,36-38,58H,30-31H2,1-2H3/b52-34-,58-51?,59-36+. The van der Waals surface area contributed by atoms with Crippen molar-refractivity contribution < 1.29 is 0 Å². The second-order valence-corrected chi connectivity index (χ2v) is 16.4. The Morgan fingerprint density at radius 1 is 0.767 bits per heavy atom. The third-order valence-corrected chi connectivity index (χ3v) is 12.4. The van der Waals surface area contributed by atoms with Crippen LogP contribution < -0.4 is 0 Å². The maximum Gasteiger partial charge on any atom is 0.0988 e. The average Bonchev–Trinajstić information content (AvgIpc) is 3.79. The van der Waals surface area contributed by atoms with E-state index in [0.717, 1.165) is 28.8 Å². The minimum atomic E-state index is -0.559. The lowest BCUT2D eigenvalue weighted by Gasteiger charge is -2.34. The number of nitrogens with zero attached hydrogens (tertiary/aromatic N) is 3. The molecule has 1 N–H and O–H groups in total. The fourth-order valence-electron chi connectivity index (χ4n) is 9.87. The van der Waals surface area contributed by atoms with Gasteiger partial charge in [-0.05, 0) is 87.9 Å². The number of benzene rings is 6. The summed E-state index contributed by atoms with van der Waals surface area (Å²) in [6.45, 7) is 4.39. The van der Waals surface area contributed by atoms with E-state index in [9.17, 15) is 5.26 Å². The molecule has 0 saturated carbocycles. The van der Waals surface area contributed by atoms with Gasteiger partial charge in [0.25, 0.3) is 0 Å². The molecular weight excluding hydrogens is 729 g/mol. The van der Waals surface area contributed by atoms with Gasteiger partial charge in [-0.3, -0.25) is 4.99 Å². The number of hydrogen-bond acceptors (Lipinski definition) is 3. The van der Waals surface area contributed by atoms with Crippen LogP contribution in [0.4, 0.5) is 0 Å². The molecule has 3 aliphatic carbocycles. The Kier molecular flexibility index (Phi) is 9.31. The van der Waals surface area contributed by atoms with E-state index in [1.54, 1.807) is 0 Å². The van der Waals surface area contributed by atoms with Crippen LogP contribution in [-0.4, -0.2) is 16.5 Å². The second kappa shape index (κ2) is 15.1. The Bertz CT molecular complexity index is 2980. The third kappa shape index (κ3) is 6.14. The Balaban J connectivity index is 1.18. The molecule has 0 radical (unpaired) electrons. The molecule has 0 spiro atoms. The molecule has 0 bridgehead atoms. The van der Waals surface area contributed by atoms with Gasteiger partial charge in [-0.2, -0.15) is 5.26 Å². The van der Waals surface area contributed by atoms with Crippen molar-refractivity contribution in [3.05, 3.63) is 232 Å². The van der Waals surface area contributed by atoms with Crippen molar-refractivity contribution in [2.75, 3.05) is 0 Å². The highest BCUT2D eigenvalue weighted by Crippen LogP contribution is 2.59. The number of allylic oxidation sites excluding steroid dienone is 6. The maximum atomic E-state index is 9.65. The molecule has 4 nitrogen and oxygen atoms in total. The van der Waals surface area contributed by atoms with Crippen LogP contribution >= 0.6 is 0 Å². The highest BCUT2D eigenvalue weighted by atomic mass is 15.0. The molecule has 1 heterocycles. The molecule has 0 aliphatic heterocycles. The minimum Gasteiger partial charge on any atom is -0.313 e. The summed E-state index contributed by atoms with van der Waals surface area (Å²) >= 11 is 0. The summed E-state index contributed by atoms with van der Waals surface area (Å²) in [6, 6.07) is 56.8. The summed E-state index contributed by atoms with van der Waals surface area (Å²) in [6.07, 6.45) is 13.9. The quantitative estimate of drug-likeness (QED) is 0.154. The van der Waals surface area contributed by atoms with Gasteiger partial charge < -0.3 is 9.98 Å². The summed E-state index contributed by atoms with van der Waals surface area (Å²) in [4.78, 5) is 5.10. The van der Waals surface area contributed by atoms with Crippen LogP contribution in [0, 0.1) is 28.6 Å². The molecule has 288 valence electrons. The second-order valence-electron chi connectivity index (χ2n) is 16.4. The van der Waals surface area contributed by atoms with Crippen molar-refractivity contribution >= 4 is 34.6 Å². The van der Waals surface area contributed by atoms with Crippen LogP contribution in [0.1, 0.15) is 64.9 Å². The summed E-state index contributed by atoms with van der Waals surface area (Å²) < 4.78 is 2.55. The summed E-state index contributed by atoms with van der Waals surface area (Å²) in [5.41, 5.74) is 16.4. The van der Waals surface area contributed by atoms with Crippen molar-refractivity contribution in [1.82, 2.24) is 4.57 Å². The normalized spacial score (nSPS) is 17.7. The first-order chi connectivity index (χ1) is 29.4. The zero-order valence-corrected chi connectivity index (χ0v) is 33.8. The van der Waals surface area contributed by atoms with Crippen molar-refractivity contribution in [1.29, 1.82) is 10.7 Å². The lowest BCUT2D eigenvalue weighted by atomic mass is 9.67. The van der Waals surface area contributed by atoms with E-state index in [1.165, 1.54) is 55.5 Å². The smallest absolute Gasteiger partial charge is 0.0988 e. The number of nitrogens with one attached hydrogen (secondary N) is 1. The number of hydrogen-bond donors (Lipinski definition) is 1. The molecule has 0 saturated heterocycles. The van der Waals surface area contributed by atoms with Crippen LogP contribution in [0.3, 0.4) is 0 Å². The molecule has 0 amide bonds. The topological polar surface area (TPSA) is 64.9 Å². The maximum absolute atomic E-state index is 9.65. The molecule has 6 aromatic carbocycles. The van der Waals surface area contributed by atoms with Crippen LogP contribution in [0.25, 0.3) is 39.5 Å². The molecule has 60 heavy (non-hydrogen) atoms. The molecule has 2 atom stereocenters. The first kappa shape index (κ1) is 37.0. The zero-order chi connectivity index (χ0) is 40.8. The molecule has 7 aromatic rings. The number of aliphatic imine (C=N–C) groups is 1. The van der Waals surface area contributed by atoms with Crippen molar-refractivity contribution in [3.8, 4) is 22.9 Å². The Hall–Kier alpha value is -7.35. The number of nitriles is 1. The fourth-order valence-corrected chi connectivity index (χ4v) is 9.87. The van der Waals surface area contributed by atoms with Gasteiger partial charge in [0.1, 0.15) is 0 Å². The van der Waals surface area contributed by atoms with Crippen LogP contribution in [0.15, 0.2) is 192 Å². The lowest BCUT2D eigenvalue weighted by molar-refractivity contribution is 0.689. The van der Waals surface area contributed by atoms with E-state index in [2.05, 4.69) is 158 Å². The summed E-state index contributed by atoms with van der Waals surface area (Å²) in [5, 5.41) is 20.0. The molecule has 0 fully saturated rings. The zero-order valence-electron chi connectivity index (χ0n) is 33.8. The first-order valence-electron chi connectivity index (χ1n) is 20.9. The van der Waals surface area contributed by atoms with Gasteiger partial charge >= 0.3 is 0 Å². The van der Waals surface area contributed by atoms with Gasteiger partial charge in [0.2, 0.25) is 0 Å². The van der Waals surface area contributed by atoms with E-state index in [0.29, 0.717) is 29.3 Å². The monoisotopic (exact) mass is 772 g/mol. The van der Waals surface area contributed by atoms with E-state index < -0.39 is 5.41 Å². The molecule has 3 aliphatic rings. The minimum absolute atomic E-state index is 0.190. The molecule has 1 aromatic heterocycles. The summed E-state index contributed by atoms with van der Waals surface area (Å²) in [7, 11) is 0. The highest BCUT2D eigenvalue weighted by molar-refractivity contribution is 6.11. The SMILES string of the molecule is CC1C=C(C#N)C=C(C(=N)/C=C(\N=C\c2cccc(-n3c4c(c5ccc6c(c53)C(c3ccccc3)(c3ccccc3)c3ccccc3-6)C=CC(C)C4)c2)c2ccccc2)C1. The van der Waals surface area contributed by atoms with Gasteiger partial charge in [-0.25, -0.2) is 0 Å². The highest BCUT2D eigenvalue weighted by Gasteiger charge is 2.48. The van der Waals surface area contributed by atoms with Crippen LogP contribution in [0.2, 0.25) is 0 Å². The molecule has 10 rings (SSSR count). The van der Waals surface area contributed by atoms with Gasteiger partial charge in [-0.1, -0.05) is 172 Å². The predicted octanol–water partition coefficient (Wildman–Crippen LogP) is 13.1. The van der Waals surface area contributed by atoms with Gasteiger partial charge in [0.05, 0.1) is 28.4 Å². The largest absolute Gasteiger partial charge is 0.313 e. The van der Waals surface area contributed by atoms with E-state index in [4.69, 9.17) is 10.4 Å². The molecule has 4 heteroatoms. The molecular formula is C56H44N4. The van der Waals surface area contributed by atoms with E-state index in [1.807, 2.05) is 54.8 Å². The first-order valence-corrected chi connectivity index (χ1v) is 20.9. The molecule has 2 unspecified atom stereocenters. The van der Waals surface area contributed by atoms with Gasteiger partial charge in [0.15, 0.2) is 0 Å². The van der Waals surface area contributed by atoms with E-state index >= 15 is 0 Å². The number of rotatable bonds is 8.